The van der Waals surface area contributed by atoms with Gasteiger partial charge in [-0.15, -0.1) is 0 Å². The van der Waals surface area contributed by atoms with E-state index in [1.54, 1.807) is 0 Å². The van der Waals surface area contributed by atoms with Gasteiger partial charge in [0.05, 0.1) is 12.8 Å². The van der Waals surface area contributed by atoms with Gasteiger partial charge in [0.25, 0.3) is 0 Å². The number of nitrogens with zero attached hydrogens (tertiary/aromatic N) is 2. The van der Waals surface area contributed by atoms with E-state index < -0.39 is 0 Å². The molecule has 3 nitrogen and oxygen atoms in total. The van der Waals surface area contributed by atoms with Crippen molar-refractivity contribution in [1.82, 2.24) is 9.78 Å². The standard InChI is InChI=1S/C16H22N2O/c1-3-16(13-19,15-7-5-4-6-8-15)10-9-14-11-17-18(2)12-14/h4-8,11-12,19H,3,9-10,13H2,1-2H3. The van der Waals surface area contributed by atoms with Crippen molar-refractivity contribution >= 4 is 0 Å². The molecule has 3 heteroatoms. The highest BCUT2D eigenvalue weighted by molar-refractivity contribution is 5.26. The summed E-state index contributed by atoms with van der Waals surface area (Å²) in [5, 5.41) is 14.1. The first kappa shape index (κ1) is 13.8. The van der Waals surface area contributed by atoms with Crippen LogP contribution in [0, 0.1) is 0 Å². The molecule has 0 saturated carbocycles. The monoisotopic (exact) mass is 258 g/mol. The molecular formula is C16H22N2O. The van der Waals surface area contributed by atoms with Crippen LogP contribution in [0.3, 0.4) is 0 Å². The summed E-state index contributed by atoms with van der Waals surface area (Å²) in [5.41, 5.74) is 2.31. The van der Waals surface area contributed by atoms with E-state index in [1.807, 2.05) is 42.3 Å². The fourth-order valence-corrected chi connectivity index (χ4v) is 2.58. The van der Waals surface area contributed by atoms with Crippen molar-refractivity contribution in [2.24, 2.45) is 7.05 Å². The Morgan fingerprint density at radius 1 is 1.26 bits per heavy atom. The van der Waals surface area contributed by atoms with Crippen molar-refractivity contribution in [2.45, 2.75) is 31.6 Å². The van der Waals surface area contributed by atoms with Crippen LogP contribution in [0.5, 0.6) is 0 Å². The Morgan fingerprint density at radius 2 is 2.00 bits per heavy atom. The molecule has 0 aliphatic heterocycles. The number of aliphatic hydroxyl groups excluding tert-OH is 1. The molecule has 102 valence electrons. The number of aryl methyl sites for hydroxylation is 2. The second-order valence-corrected chi connectivity index (χ2v) is 5.18. The average molecular weight is 258 g/mol. The summed E-state index contributed by atoms with van der Waals surface area (Å²) in [6.07, 6.45) is 6.77. The predicted molar refractivity (Wildman–Crippen MR) is 77.0 cm³/mol. The van der Waals surface area contributed by atoms with E-state index in [0.717, 1.165) is 19.3 Å². The van der Waals surface area contributed by atoms with Crippen LogP contribution < -0.4 is 0 Å². The third-order valence-electron chi connectivity index (χ3n) is 4.02. The molecule has 0 aliphatic rings. The molecule has 0 radical (unpaired) electrons. The number of aromatic nitrogens is 2. The number of hydrogen-bond donors (Lipinski definition) is 1. The van der Waals surface area contributed by atoms with E-state index >= 15 is 0 Å². The van der Waals surface area contributed by atoms with Crippen LogP contribution in [-0.2, 0) is 18.9 Å². The minimum absolute atomic E-state index is 0.142. The van der Waals surface area contributed by atoms with Gasteiger partial charge in [0.2, 0.25) is 0 Å². The molecule has 0 spiro atoms. The quantitative estimate of drug-likeness (QED) is 0.865. The molecule has 1 atom stereocenters. The average Bonchev–Trinajstić information content (AvgIpc) is 2.88. The van der Waals surface area contributed by atoms with Gasteiger partial charge in [0, 0.05) is 18.7 Å². The topological polar surface area (TPSA) is 38.1 Å². The predicted octanol–water partition coefficient (Wildman–Crippen LogP) is 2.69. The minimum atomic E-state index is -0.142. The van der Waals surface area contributed by atoms with Crippen LogP contribution in [0.25, 0.3) is 0 Å². The Bertz CT molecular complexity index is 500. The lowest BCUT2D eigenvalue weighted by molar-refractivity contribution is 0.178. The smallest absolute Gasteiger partial charge is 0.0527 e. The van der Waals surface area contributed by atoms with Gasteiger partial charge in [0.15, 0.2) is 0 Å². The molecule has 1 N–H and O–H groups in total. The first-order chi connectivity index (χ1) is 9.20. The molecule has 2 aromatic rings. The van der Waals surface area contributed by atoms with Crippen LogP contribution in [-0.4, -0.2) is 21.5 Å². The van der Waals surface area contributed by atoms with Gasteiger partial charge in [-0.3, -0.25) is 4.68 Å². The van der Waals surface area contributed by atoms with E-state index in [-0.39, 0.29) is 12.0 Å². The maximum absolute atomic E-state index is 9.89. The first-order valence-corrected chi connectivity index (χ1v) is 6.84. The van der Waals surface area contributed by atoms with Gasteiger partial charge in [-0.05, 0) is 30.4 Å². The van der Waals surface area contributed by atoms with Gasteiger partial charge in [-0.2, -0.15) is 5.10 Å². The molecule has 1 aromatic heterocycles. The molecule has 0 fully saturated rings. The fraction of sp³-hybridized carbons (Fsp3) is 0.438. The zero-order valence-electron chi connectivity index (χ0n) is 11.7. The second-order valence-electron chi connectivity index (χ2n) is 5.18. The molecule has 0 aliphatic carbocycles. The van der Waals surface area contributed by atoms with Crippen molar-refractivity contribution in [2.75, 3.05) is 6.61 Å². The number of aliphatic hydroxyl groups is 1. The van der Waals surface area contributed by atoms with Crippen LogP contribution in [0.4, 0.5) is 0 Å². The third kappa shape index (κ3) is 3.04. The summed E-state index contributed by atoms with van der Waals surface area (Å²) in [6.45, 7) is 2.33. The molecule has 0 saturated heterocycles. The van der Waals surface area contributed by atoms with Crippen molar-refractivity contribution in [3.8, 4) is 0 Å². The molecule has 0 bridgehead atoms. The molecule has 1 unspecified atom stereocenters. The Hall–Kier alpha value is -1.61. The summed E-state index contributed by atoms with van der Waals surface area (Å²) in [5.74, 6) is 0. The van der Waals surface area contributed by atoms with E-state index in [2.05, 4.69) is 24.2 Å². The Kier molecular flexibility index (Phi) is 4.38. The number of benzene rings is 1. The van der Waals surface area contributed by atoms with Gasteiger partial charge >= 0.3 is 0 Å². The van der Waals surface area contributed by atoms with Crippen LogP contribution in [0.1, 0.15) is 30.9 Å². The largest absolute Gasteiger partial charge is 0.395 e. The SMILES string of the molecule is CCC(CO)(CCc1cnn(C)c1)c1ccccc1. The fourth-order valence-electron chi connectivity index (χ4n) is 2.58. The maximum atomic E-state index is 9.89. The van der Waals surface area contributed by atoms with E-state index in [0.29, 0.717) is 0 Å². The van der Waals surface area contributed by atoms with E-state index in [1.165, 1.54) is 11.1 Å². The summed E-state index contributed by atoms with van der Waals surface area (Å²) in [7, 11) is 1.93. The Labute approximate surface area is 114 Å². The Morgan fingerprint density at radius 3 is 2.53 bits per heavy atom. The highest BCUT2D eigenvalue weighted by Crippen LogP contribution is 2.32. The van der Waals surface area contributed by atoms with E-state index in [9.17, 15) is 5.11 Å². The Balaban J connectivity index is 2.16. The summed E-state index contributed by atoms with van der Waals surface area (Å²) >= 11 is 0. The van der Waals surface area contributed by atoms with Crippen molar-refractivity contribution < 1.29 is 5.11 Å². The van der Waals surface area contributed by atoms with Crippen molar-refractivity contribution in [3.05, 3.63) is 53.9 Å². The summed E-state index contributed by atoms with van der Waals surface area (Å²) < 4.78 is 1.82. The molecular weight excluding hydrogens is 236 g/mol. The molecule has 0 amide bonds. The number of hydrogen-bond acceptors (Lipinski definition) is 2. The number of rotatable bonds is 6. The highest BCUT2D eigenvalue weighted by Gasteiger charge is 2.29. The van der Waals surface area contributed by atoms with Gasteiger partial charge in [-0.1, -0.05) is 37.3 Å². The van der Waals surface area contributed by atoms with E-state index in [4.69, 9.17) is 0 Å². The van der Waals surface area contributed by atoms with Crippen LogP contribution >= 0.6 is 0 Å². The first-order valence-electron chi connectivity index (χ1n) is 6.84. The lowest BCUT2D eigenvalue weighted by Gasteiger charge is -2.31. The van der Waals surface area contributed by atoms with Gasteiger partial charge < -0.3 is 5.11 Å². The zero-order chi connectivity index (χ0) is 13.7. The minimum Gasteiger partial charge on any atom is -0.395 e. The normalized spacial score (nSPS) is 14.3. The summed E-state index contributed by atoms with van der Waals surface area (Å²) in [6, 6.07) is 10.3. The molecule has 1 aromatic carbocycles. The van der Waals surface area contributed by atoms with Gasteiger partial charge in [-0.25, -0.2) is 0 Å². The van der Waals surface area contributed by atoms with Crippen molar-refractivity contribution in [1.29, 1.82) is 0 Å². The maximum Gasteiger partial charge on any atom is 0.0527 e. The third-order valence-corrected chi connectivity index (χ3v) is 4.02. The van der Waals surface area contributed by atoms with Crippen LogP contribution in [0.2, 0.25) is 0 Å². The lowest BCUT2D eigenvalue weighted by atomic mass is 9.75. The second kappa shape index (κ2) is 6.02. The molecule has 19 heavy (non-hydrogen) atoms. The van der Waals surface area contributed by atoms with Gasteiger partial charge in [0.1, 0.15) is 0 Å². The van der Waals surface area contributed by atoms with Crippen LogP contribution in [0.15, 0.2) is 42.7 Å². The lowest BCUT2D eigenvalue weighted by Crippen LogP contribution is -2.30. The summed E-state index contributed by atoms with van der Waals surface area (Å²) in [4.78, 5) is 0. The highest BCUT2D eigenvalue weighted by atomic mass is 16.3. The molecule has 1 heterocycles. The van der Waals surface area contributed by atoms with Crippen molar-refractivity contribution in [3.63, 3.8) is 0 Å². The zero-order valence-corrected chi connectivity index (χ0v) is 11.7. The molecule has 2 rings (SSSR count).